The summed E-state index contributed by atoms with van der Waals surface area (Å²) in [4.78, 5) is 13.0. The van der Waals surface area contributed by atoms with Crippen LogP contribution in [0.4, 0.5) is 0 Å². The van der Waals surface area contributed by atoms with Crippen molar-refractivity contribution in [2.75, 3.05) is 0 Å². The van der Waals surface area contributed by atoms with Crippen LogP contribution in [-0.4, -0.2) is 26.4 Å². The van der Waals surface area contributed by atoms with Gasteiger partial charge in [0.25, 0.3) is 10.0 Å². The Labute approximate surface area is 165 Å². The fourth-order valence-electron chi connectivity index (χ4n) is 3.51. The van der Waals surface area contributed by atoms with Crippen LogP contribution in [-0.2, 0) is 21.2 Å². The highest BCUT2D eigenvalue weighted by molar-refractivity contribution is 7.91. The second kappa shape index (κ2) is 8.99. The lowest BCUT2D eigenvalue weighted by atomic mass is 9.86. The molecule has 0 radical (unpaired) electrons. The van der Waals surface area contributed by atoms with Crippen molar-refractivity contribution >= 4 is 27.3 Å². The van der Waals surface area contributed by atoms with Gasteiger partial charge in [0.05, 0.1) is 0 Å². The van der Waals surface area contributed by atoms with E-state index in [4.69, 9.17) is 0 Å². The number of sulfonamides is 1. The summed E-state index contributed by atoms with van der Waals surface area (Å²) in [5, 5.41) is 4.81. The maximum absolute atomic E-state index is 13.0. The summed E-state index contributed by atoms with van der Waals surface area (Å²) in [6, 6.07) is 12.0. The molecule has 7 heteroatoms. The molecular weight excluding hydrogens is 380 g/mol. The van der Waals surface area contributed by atoms with Gasteiger partial charge in [0.15, 0.2) is 0 Å². The zero-order valence-electron chi connectivity index (χ0n) is 15.4. The molecule has 1 aliphatic carbocycles. The molecule has 1 aliphatic rings. The van der Waals surface area contributed by atoms with E-state index in [1.807, 2.05) is 30.3 Å². The van der Waals surface area contributed by atoms with Crippen LogP contribution in [0.15, 0.2) is 52.1 Å². The van der Waals surface area contributed by atoms with Gasteiger partial charge >= 0.3 is 0 Å². The summed E-state index contributed by atoms with van der Waals surface area (Å²) in [7, 11) is -3.73. The van der Waals surface area contributed by atoms with Crippen LogP contribution in [0.25, 0.3) is 0 Å². The Morgan fingerprint density at radius 2 is 1.89 bits per heavy atom. The SMILES string of the molecule is C[C@@H]1CCCC[C@@H]1NC(=O)[C@H](Cc1ccccc1)NS(=O)(=O)c1cccs1. The van der Waals surface area contributed by atoms with Gasteiger partial charge < -0.3 is 5.32 Å². The van der Waals surface area contributed by atoms with Gasteiger partial charge in [0.1, 0.15) is 10.3 Å². The average Bonchev–Trinajstić information content (AvgIpc) is 3.19. The number of nitrogens with one attached hydrogen (secondary N) is 2. The predicted octanol–water partition coefficient (Wildman–Crippen LogP) is 3.33. The predicted molar refractivity (Wildman–Crippen MR) is 108 cm³/mol. The second-order valence-corrected chi connectivity index (χ2v) is 10.1. The molecule has 1 fully saturated rings. The van der Waals surface area contributed by atoms with Crippen LogP contribution in [0.3, 0.4) is 0 Å². The van der Waals surface area contributed by atoms with Crippen molar-refractivity contribution in [1.82, 2.24) is 10.0 Å². The molecule has 0 unspecified atom stereocenters. The summed E-state index contributed by atoms with van der Waals surface area (Å²) in [5.74, 6) is 0.159. The van der Waals surface area contributed by atoms with E-state index in [2.05, 4.69) is 17.0 Å². The summed E-state index contributed by atoms with van der Waals surface area (Å²) in [5.41, 5.74) is 0.920. The second-order valence-electron chi connectivity index (χ2n) is 7.17. The molecule has 3 rings (SSSR count). The zero-order valence-corrected chi connectivity index (χ0v) is 17.1. The van der Waals surface area contributed by atoms with E-state index >= 15 is 0 Å². The highest BCUT2D eigenvalue weighted by Gasteiger charge is 2.30. The van der Waals surface area contributed by atoms with Crippen LogP contribution in [0, 0.1) is 5.92 Å². The Bertz CT molecular complexity index is 835. The molecule has 27 heavy (non-hydrogen) atoms. The fraction of sp³-hybridized carbons (Fsp3) is 0.450. The van der Waals surface area contributed by atoms with E-state index in [0.717, 1.165) is 36.2 Å². The minimum atomic E-state index is -3.73. The van der Waals surface area contributed by atoms with Crippen molar-refractivity contribution in [3.05, 3.63) is 53.4 Å². The first-order valence-corrected chi connectivity index (χ1v) is 11.7. The molecule has 1 aromatic carbocycles. The summed E-state index contributed by atoms with van der Waals surface area (Å²) >= 11 is 1.14. The van der Waals surface area contributed by atoms with Crippen molar-refractivity contribution in [1.29, 1.82) is 0 Å². The fourth-order valence-corrected chi connectivity index (χ4v) is 5.72. The van der Waals surface area contributed by atoms with Gasteiger partial charge in [-0.05, 0) is 42.2 Å². The molecule has 1 saturated carbocycles. The van der Waals surface area contributed by atoms with Gasteiger partial charge in [-0.3, -0.25) is 4.79 Å². The molecule has 1 heterocycles. The third-order valence-electron chi connectivity index (χ3n) is 5.10. The molecule has 5 nitrogen and oxygen atoms in total. The topological polar surface area (TPSA) is 75.3 Å². The first-order valence-electron chi connectivity index (χ1n) is 9.36. The summed E-state index contributed by atoms with van der Waals surface area (Å²) in [6.07, 6.45) is 4.64. The third kappa shape index (κ3) is 5.40. The van der Waals surface area contributed by atoms with Crippen LogP contribution >= 0.6 is 11.3 Å². The van der Waals surface area contributed by atoms with Gasteiger partial charge in [-0.15, -0.1) is 11.3 Å². The first-order chi connectivity index (χ1) is 13.0. The largest absolute Gasteiger partial charge is 0.352 e. The van der Waals surface area contributed by atoms with Crippen molar-refractivity contribution in [3.8, 4) is 0 Å². The standard InChI is InChI=1S/C20H26N2O3S2/c1-15-8-5-6-11-17(15)21-20(23)18(14-16-9-3-2-4-10-16)22-27(24,25)19-12-7-13-26-19/h2-4,7,9-10,12-13,15,17-18,22H,5-6,8,11,14H2,1H3,(H,21,23)/t15-,17+,18+/m1/s1. The molecule has 2 N–H and O–H groups in total. The Morgan fingerprint density at radius 1 is 1.15 bits per heavy atom. The monoisotopic (exact) mass is 406 g/mol. The number of amides is 1. The average molecular weight is 407 g/mol. The number of hydrogen-bond acceptors (Lipinski definition) is 4. The highest BCUT2D eigenvalue weighted by Crippen LogP contribution is 2.24. The number of hydrogen-bond donors (Lipinski definition) is 2. The Morgan fingerprint density at radius 3 is 2.56 bits per heavy atom. The normalized spacial score (nSPS) is 21.5. The highest BCUT2D eigenvalue weighted by atomic mass is 32.2. The number of carbonyl (C=O) groups is 1. The van der Waals surface area contributed by atoms with Crippen molar-refractivity contribution in [2.24, 2.45) is 5.92 Å². The smallest absolute Gasteiger partial charge is 0.250 e. The van der Waals surface area contributed by atoms with E-state index in [0.29, 0.717) is 12.3 Å². The Kier molecular flexibility index (Phi) is 6.68. The zero-order chi connectivity index (χ0) is 19.3. The van der Waals surface area contributed by atoms with E-state index in [1.54, 1.807) is 17.5 Å². The quantitative estimate of drug-likeness (QED) is 0.741. The molecule has 0 spiro atoms. The molecule has 3 atom stereocenters. The van der Waals surface area contributed by atoms with Crippen LogP contribution < -0.4 is 10.0 Å². The van der Waals surface area contributed by atoms with Crippen molar-refractivity contribution in [3.63, 3.8) is 0 Å². The van der Waals surface area contributed by atoms with Gasteiger partial charge in [-0.1, -0.05) is 56.2 Å². The Balaban J connectivity index is 1.77. The molecular formula is C20H26N2O3S2. The van der Waals surface area contributed by atoms with Crippen LogP contribution in [0.2, 0.25) is 0 Å². The van der Waals surface area contributed by atoms with E-state index in [1.165, 1.54) is 6.42 Å². The molecule has 1 aromatic heterocycles. The third-order valence-corrected chi connectivity index (χ3v) is 7.96. The molecule has 0 bridgehead atoms. The maximum atomic E-state index is 13.0. The van der Waals surface area contributed by atoms with E-state index in [9.17, 15) is 13.2 Å². The molecule has 146 valence electrons. The molecule has 0 saturated heterocycles. The van der Waals surface area contributed by atoms with Crippen molar-refractivity contribution < 1.29 is 13.2 Å². The Hall–Kier alpha value is -1.70. The van der Waals surface area contributed by atoms with Gasteiger partial charge in [-0.25, -0.2) is 8.42 Å². The molecule has 0 aliphatic heterocycles. The van der Waals surface area contributed by atoms with Crippen molar-refractivity contribution in [2.45, 2.75) is 55.3 Å². The first kappa shape index (κ1) is 20.0. The van der Waals surface area contributed by atoms with Gasteiger partial charge in [0.2, 0.25) is 5.91 Å². The van der Waals surface area contributed by atoms with E-state index < -0.39 is 16.1 Å². The lowest BCUT2D eigenvalue weighted by molar-refractivity contribution is -0.124. The van der Waals surface area contributed by atoms with Gasteiger partial charge in [-0.2, -0.15) is 4.72 Å². The minimum Gasteiger partial charge on any atom is -0.352 e. The number of thiophene rings is 1. The van der Waals surface area contributed by atoms with Crippen LogP contribution in [0.5, 0.6) is 0 Å². The molecule has 1 amide bonds. The van der Waals surface area contributed by atoms with E-state index in [-0.39, 0.29) is 16.2 Å². The summed E-state index contributed by atoms with van der Waals surface area (Å²) in [6.45, 7) is 2.14. The van der Waals surface area contributed by atoms with Gasteiger partial charge in [0, 0.05) is 6.04 Å². The lowest BCUT2D eigenvalue weighted by Gasteiger charge is -2.31. The lowest BCUT2D eigenvalue weighted by Crippen LogP contribution is -2.52. The van der Waals surface area contributed by atoms with Crippen LogP contribution in [0.1, 0.15) is 38.2 Å². The summed E-state index contributed by atoms with van der Waals surface area (Å²) < 4.78 is 28.2. The number of rotatable bonds is 7. The molecule has 2 aromatic rings. The minimum absolute atomic E-state index is 0.107. The number of carbonyl (C=O) groups excluding carboxylic acids is 1. The number of benzene rings is 1. The maximum Gasteiger partial charge on any atom is 0.250 e.